The molecule has 0 radical (unpaired) electrons. The summed E-state index contributed by atoms with van der Waals surface area (Å²) < 4.78 is 11.6. The van der Waals surface area contributed by atoms with Gasteiger partial charge >= 0.3 is 0 Å². The third-order valence-electron chi connectivity index (χ3n) is 4.07. The Kier molecular flexibility index (Phi) is 4.78. The summed E-state index contributed by atoms with van der Waals surface area (Å²) in [6.45, 7) is 0. The summed E-state index contributed by atoms with van der Waals surface area (Å²) in [6, 6.07) is 13.5. The van der Waals surface area contributed by atoms with Crippen LogP contribution in [-0.2, 0) is 0 Å². The van der Waals surface area contributed by atoms with Crippen LogP contribution in [0.1, 0.15) is 0 Å². The van der Waals surface area contributed by atoms with Gasteiger partial charge in [0.1, 0.15) is 17.1 Å². The average Bonchev–Trinajstić information content (AvgIpc) is 3.25. The van der Waals surface area contributed by atoms with Crippen LogP contribution in [0, 0.1) is 0 Å². The molecule has 27 heavy (non-hydrogen) atoms. The lowest BCUT2D eigenvalue weighted by atomic mass is 10.0. The highest BCUT2D eigenvalue weighted by Crippen LogP contribution is 2.43. The molecule has 138 valence electrons. The molecule has 0 bridgehead atoms. The van der Waals surface area contributed by atoms with E-state index in [0.717, 1.165) is 38.5 Å². The molecule has 4 rings (SSSR count). The van der Waals surface area contributed by atoms with Crippen LogP contribution in [0.3, 0.4) is 0 Å². The predicted octanol–water partition coefficient (Wildman–Crippen LogP) is 4.95. The van der Waals surface area contributed by atoms with Crippen LogP contribution in [0.4, 0.5) is 5.13 Å². The number of fused-ring (bicyclic) bond motifs is 1. The largest absolute Gasteiger partial charge is 0.497 e. The molecule has 0 unspecified atom stereocenters. The molecule has 0 atom stereocenters. The van der Waals surface area contributed by atoms with E-state index in [1.54, 1.807) is 7.11 Å². The number of ether oxygens (including phenoxy) is 1. The van der Waals surface area contributed by atoms with Crippen molar-refractivity contribution in [3.8, 4) is 28.3 Å². The molecule has 0 amide bonds. The molecular formula is C20H18ClN3O2S. The topological polar surface area (TPSA) is 53.8 Å². The fourth-order valence-corrected chi connectivity index (χ4v) is 3.79. The van der Waals surface area contributed by atoms with E-state index >= 15 is 0 Å². The highest BCUT2D eigenvalue weighted by molar-refractivity contribution is 7.14. The van der Waals surface area contributed by atoms with Gasteiger partial charge in [-0.05, 0) is 41.3 Å². The summed E-state index contributed by atoms with van der Waals surface area (Å²) in [7, 11) is 5.56. The number of hydrogen-bond acceptors (Lipinski definition) is 4. The zero-order valence-corrected chi connectivity index (χ0v) is 16.7. The summed E-state index contributed by atoms with van der Waals surface area (Å²) in [5.41, 5.74) is 7.96. The smallest absolute Gasteiger partial charge is 0.140 e. The van der Waals surface area contributed by atoms with E-state index in [1.807, 2.05) is 61.9 Å². The molecule has 0 aliphatic rings. The van der Waals surface area contributed by atoms with Crippen molar-refractivity contribution in [3.05, 3.63) is 58.3 Å². The molecule has 5 nitrogen and oxygen atoms in total. The Morgan fingerprint density at radius 2 is 1.93 bits per heavy atom. The Bertz CT molecular complexity index is 1090. The van der Waals surface area contributed by atoms with E-state index in [-0.39, 0.29) is 0 Å². The number of furan rings is 1. The second-order valence-corrected chi connectivity index (χ2v) is 7.52. The minimum atomic E-state index is 0.689. The Labute approximate surface area is 166 Å². The van der Waals surface area contributed by atoms with Gasteiger partial charge in [0.05, 0.1) is 21.2 Å². The van der Waals surface area contributed by atoms with Crippen LogP contribution in [0.5, 0.6) is 5.75 Å². The second kappa shape index (κ2) is 7.23. The van der Waals surface area contributed by atoms with Crippen molar-refractivity contribution < 1.29 is 14.2 Å². The lowest BCUT2D eigenvalue weighted by Gasteiger charge is -2.13. The van der Waals surface area contributed by atoms with Crippen LogP contribution in [0.15, 0.2) is 52.3 Å². The fourth-order valence-electron chi connectivity index (χ4n) is 2.90. The molecule has 0 saturated heterocycles. The van der Waals surface area contributed by atoms with Crippen molar-refractivity contribution in [2.45, 2.75) is 0 Å². The van der Waals surface area contributed by atoms with Crippen LogP contribution in [0.2, 0.25) is 5.02 Å². The maximum atomic E-state index is 6.19. The Morgan fingerprint density at radius 1 is 1.15 bits per heavy atom. The second-order valence-electron chi connectivity index (χ2n) is 6.25. The van der Waals surface area contributed by atoms with Gasteiger partial charge in [-0.25, -0.2) is 0 Å². The number of nitrogens with one attached hydrogen (secondary N) is 1. The summed E-state index contributed by atoms with van der Waals surface area (Å²) in [4.78, 5) is 4.64. The van der Waals surface area contributed by atoms with Crippen LogP contribution < -0.4 is 9.75 Å². The van der Waals surface area contributed by atoms with E-state index in [9.17, 15) is 0 Å². The van der Waals surface area contributed by atoms with Gasteiger partial charge < -0.3 is 14.1 Å². The Morgan fingerprint density at radius 3 is 2.63 bits per heavy atom. The molecule has 0 aliphatic carbocycles. The van der Waals surface area contributed by atoms with Gasteiger partial charge in [0.2, 0.25) is 0 Å². The molecule has 7 heteroatoms. The molecular weight excluding hydrogens is 382 g/mol. The summed E-state index contributed by atoms with van der Waals surface area (Å²) in [5.74, 6) is 1.49. The summed E-state index contributed by atoms with van der Waals surface area (Å²) >= 11 is 7.57. The molecule has 0 aliphatic heterocycles. The highest BCUT2D eigenvalue weighted by atomic mass is 35.5. The maximum Gasteiger partial charge on any atom is 0.140 e. The molecule has 1 N–H and O–H groups in total. The first-order chi connectivity index (χ1) is 13.0. The zero-order chi connectivity index (χ0) is 19.0. The number of nitrogens with zero attached hydrogens (tertiary/aromatic N) is 2. The first-order valence-electron chi connectivity index (χ1n) is 8.39. The number of halogens is 1. The molecule has 0 fully saturated rings. The number of quaternary nitrogens is 1. The quantitative estimate of drug-likeness (QED) is 0.483. The van der Waals surface area contributed by atoms with E-state index in [0.29, 0.717) is 15.9 Å². The fraction of sp³-hybridized carbons (Fsp3) is 0.150. The number of benzene rings is 2. The normalized spacial score (nSPS) is 11.3. The van der Waals surface area contributed by atoms with Crippen molar-refractivity contribution >= 4 is 39.0 Å². The Balaban J connectivity index is 1.92. The highest BCUT2D eigenvalue weighted by Gasteiger charge is 2.18. The van der Waals surface area contributed by atoms with Crippen LogP contribution >= 0.6 is 22.9 Å². The van der Waals surface area contributed by atoms with E-state index < -0.39 is 0 Å². The van der Waals surface area contributed by atoms with Crippen molar-refractivity contribution in [2.75, 3.05) is 21.2 Å². The molecule has 2 aromatic heterocycles. The third-order valence-corrected chi connectivity index (χ3v) is 5.06. The number of hydrogen-bond donors (Lipinski definition) is 1. The van der Waals surface area contributed by atoms with Crippen molar-refractivity contribution in [3.63, 3.8) is 0 Å². The van der Waals surface area contributed by atoms with Crippen molar-refractivity contribution in [1.82, 2.24) is 4.98 Å². The first-order valence-corrected chi connectivity index (χ1v) is 9.65. The number of rotatable bonds is 5. The molecule has 0 saturated carbocycles. The monoisotopic (exact) mass is 399 g/mol. The Hall–Kier alpha value is -2.54. The van der Waals surface area contributed by atoms with E-state index in [1.165, 1.54) is 11.3 Å². The number of aromatic nitrogens is 1. The van der Waals surface area contributed by atoms with Crippen molar-refractivity contribution in [2.24, 2.45) is 0 Å². The SMILES string of the molecule is COc1ccc2oc(-c3csc([N-][NH+](C)C)n3)c(-c3ccc(Cl)cc3)c2c1. The first kappa shape index (κ1) is 17.9. The third kappa shape index (κ3) is 3.51. The van der Waals surface area contributed by atoms with Crippen molar-refractivity contribution in [1.29, 1.82) is 0 Å². The minimum absolute atomic E-state index is 0.689. The maximum absolute atomic E-state index is 6.19. The van der Waals surface area contributed by atoms with Gasteiger partial charge in [0.25, 0.3) is 0 Å². The summed E-state index contributed by atoms with van der Waals surface area (Å²) in [5, 5.41) is 5.30. The average molecular weight is 400 g/mol. The predicted molar refractivity (Wildman–Crippen MR) is 110 cm³/mol. The molecule has 2 aromatic carbocycles. The van der Waals surface area contributed by atoms with Crippen LogP contribution in [-0.4, -0.2) is 26.2 Å². The lowest BCUT2D eigenvalue weighted by Crippen LogP contribution is -3.00. The number of thiazole rings is 1. The lowest BCUT2D eigenvalue weighted by molar-refractivity contribution is -0.813. The molecule has 0 spiro atoms. The molecule has 2 heterocycles. The van der Waals surface area contributed by atoms with E-state index in [2.05, 4.69) is 10.4 Å². The van der Waals surface area contributed by atoms with Gasteiger partial charge in [0, 0.05) is 26.8 Å². The molecule has 4 aromatic rings. The minimum Gasteiger partial charge on any atom is -0.497 e. The van der Waals surface area contributed by atoms with Gasteiger partial charge in [-0.1, -0.05) is 23.7 Å². The van der Waals surface area contributed by atoms with Crippen LogP contribution in [0.25, 0.3) is 39.0 Å². The van der Waals surface area contributed by atoms with Gasteiger partial charge in [-0.2, -0.15) is 0 Å². The van der Waals surface area contributed by atoms with E-state index in [4.69, 9.17) is 20.8 Å². The standard InChI is InChI=1S/C20H18ClN3O2S/c1-24(2)23-20-22-16(11-27-20)19-18(12-4-6-13(21)7-5-12)15-10-14(25-3)8-9-17(15)26-19/h4-11,24H,1-3H3. The van der Waals surface area contributed by atoms with Gasteiger partial charge in [0.15, 0.2) is 0 Å². The zero-order valence-electron chi connectivity index (χ0n) is 15.1. The number of methoxy groups -OCH3 is 1. The van der Waals surface area contributed by atoms with Gasteiger partial charge in [-0.15, -0.1) is 11.3 Å². The summed E-state index contributed by atoms with van der Waals surface area (Å²) in [6.07, 6.45) is 0. The van der Waals surface area contributed by atoms with Gasteiger partial charge in [-0.3, -0.25) is 10.4 Å².